The molecule has 2 aromatic carbocycles. The molecule has 1 saturated heterocycles. The summed E-state index contributed by atoms with van der Waals surface area (Å²) in [5, 5.41) is 4.28. The summed E-state index contributed by atoms with van der Waals surface area (Å²) in [5.41, 5.74) is 1.36. The fourth-order valence-electron chi connectivity index (χ4n) is 2.66. The standard InChI is InChI=1S/C16H13Cl2NO/c1-16(11-3-2-4-13(18)9-11)14(19-15(16)20)10-5-7-12(17)8-6-10/h2-9,14H,1H3,(H,19,20)/t14-,16-/m0/s1. The molecule has 1 heterocycles. The molecule has 1 N–H and O–H groups in total. The maximum absolute atomic E-state index is 12.1. The molecule has 1 fully saturated rings. The predicted octanol–water partition coefficient (Wildman–Crippen LogP) is 4.12. The Kier molecular flexibility index (Phi) is 3.23. The zero-order chi connectivity index (χ0) is 14.3. The van der Waals surface area contributed by atoms with Crippen LogP contribution in [0.5, 0.6) is 0 Å². The van der Waals surface area contributed by atoms with Crippen molar-refractivity contribution in [2.75, 3.05) is 0 Å². The fourth-order valence-corrected chi connectivity index (χ4v) is 2.98. The van der Waals surface area contributed by atoms with Crippen LogP contribution in [0.1, 0.15) is 24.1 Å². The number of hydrogen-bond donors (Lipinski definition) is 1. The third kappa shape index (κ3) is 2.00. The van der Waals surface area contributed by atoms with Gasteiger partial charge in [0.1, 0.15) is 0 Å². The zero-order valence-electron chi connectivity index (χ0n) is 10.9. The molecular formula is C16H13Cl2NO. The van der Waals surface area contributed by atoms with Crippen LogP contribution in [-0.2, 0) is 10.2 Å². The molecule has 0 aliphatic carbocycles. The third-order valence-electron chi connectivity index (χ3n) is 3.95. The number of benzene rings is 2. The summed E-state index contributed by atoms with van der Waals surface area (Å²) in [4.78, 5) is 12.1. The minimum Gasteiger partial charge on any atom is -0.347 e. The van der Waals surface area contributed by atoms with Crippen molar-refractivity contribution in [1.29, 1.82) is 0 Å². The zero-order valence-corrected chi connectivity index (χ0v) is 12.4. The van der Waals surface area contributed by atoms with E-state index in [1.54, 1.807) is 0 Å². The van der Waals surface area contributed by atoms with Gasteiger partial charge in [-0.1, -0.05) is 47.5 Å². The highest BCUT2D eigenvalue weighted by molar-refractivity contribution is 6.31. The third-order valence-corrected chi connectivity index (χ3v) is 4.44. The Morgan fingerprint density at radius 2 is 1.75 bits per heavy atom. The number of β-lactam (4-membered cyclic amide) rings is 1. The van der Waals surface area contributed by atoms with Gasteiger partial charge in [-0.25, -0.2) is 0 Å². The van der Waals surface area contributed by atoms with E-state index in [9.17, 15) is 4.79 Å². The largest absolute Gasteiger partial charge is 0.347 e. The lowest BCUT2D eigenvalue weighted by atomic mass is 9.67. The van der Waals surface area contributed by atoms with Crippen LogP contribution < -0.4 is 5.32 Å². The van der Waals surface area contributed by atoms with Crippen LogP contribution in [0.2, 0.25) is 10.0 Å². The second-order valence-corrected chi connectivity index (χ2v) is 6.04. The predicted molar refractivity (Wildman–Crippen MR) is 81.1 cm³/mol. The molecule has 0 saturated carbocycles. The van der Waals surface area contributed by atoms with E-state index in [1.165, 1.54) is 0 Å². The first-order valence-electron chi connectivity index (χ1n) is 6.34. The summed E-state index contributed by atoms with van der Waals surface area (Å²) in [6.07, 6.45) is 0. The van der Waals surface area contributed by atoms with E-state index in [1.807, 2.05) is 55.5 Å². The summed E-state index contributed by atoms with van der Waals surface area (Å²) < 4.78 is 0. The van der Waals surface area contributed by atoms with Crippen molar-refractivity contribution in [3.8, 4) is 0 Å². The Balaban J connectivity index is 2.02. The molecule has 0 radical (unpaired) electrons. The van der Waals surface area contributed by atoms with Crippen molar-refractivity contribution < 1.29 is 4.79 Å². The van der Waals surface area contributed by atoms with Crippen molar-refractivity contribution in [3.05, 3.63) is 69.7 Å². The lowest BCUT2D eigenvalue weighted by Gasteiger charge is -2.47. The van der Waals surface area contributed by atoms with E-state index in [2.05, 4.69) is 5.32 Å². The second-order valence-electron chi connectivity index (χ2n) is 5.17. The Labute approximate surface area is 127 Å². The van der Waals surface area contributed by atoms with Gasteiger partial charge in [-0.15, -0.1) is 0 Å². The van der Waals surface area contributed by atoms with Crippen molar-refractivity contribution in [3.63, 3.8) is 0 Å². The second kappa shape index (κ2) is 4.80. The highest BCUT2D eigenvalue weighted by atomic mass is 35.5. The summed E-state index contributed by atoms with van der Waals surface area (Å²) in [5.74, 6) is 0.0136. The minimum atomic E-state index is -0.598. The Morgan fingerprint density at radius 3 is 2.35 bits per heavy atom. The topological polar surface area (TPSA) is 29.1 Å². The first-order chi connectivity index (χ1) is 9.51. The van der Waals surface area contributed by atoms with Crippen LogP contribution in [0.15, 0.2) is 48.5 Å². The number of hydrogen-bond acceptors (Lipinski definition) is 1. The van der Waals surface area contributed by atoms with E-state index < -0.39 is 5.41 Å². The average molecular weight is 306 g/mol. The van der Waals surface area contributed by atoms with Gasteiger partial charge in [0.15, 0.2) is 0 Å². The summed E-state index contributed by atoms with van der Waals surface area (Å²) in [6, 6.07) is 14.9. The van der Waals surface area contributed by atoms with Crippen molar-refractivity contribution >= 4 is 29.1 Å². The monoisotopic (exact) mass is 305 g/mol. The number of amides is 1. The van der Waals surface area contributed by atoms with E-state index in [0.717, 1.165) is 11.1 Å². The number of carbonyl (C=O) groups excluding carboxylic acids is 1. The first-order valence-corrected chi connectivity index (χ1v) is 7.10. The molecule has 0 bridgehead atoms. The Morgan fingerprint density at radius 1 is 1.05 bits per heavy atom. The highest BCUT2D eigenvalue weighted by Gasteiger charge is 2.53. The SMILES string of the molecule is C[C@@]1(c2cccc(Cl)c2)C(=O)N[C@H]1c1ccc(Cl)cc1. The van der Waals surface area contributed by atoms with Crippen molar-refractivity contribution in [2.24, 2.45) is 0 Å². The smallest absolute Gasteiger partial charge is 0.233 e. The molecule has 1 amide bonds. The molecule has 1 aliphatic heterocycles. The van der Waals surface area contributed by atoms with Gasteiger partial charge in [0.25, 0.3) is 0 Å². The normalized spacial score (nSPS) is 24.9. The van der Waals surface area contributed by atoms with Gasteiger partial charge < -0.3 is 5.32 Å². The molecule has 1 aliphatic rings. The van der Waals surface area contributed by atoms with Crippen molar-refractivity contribution in [2.45, 2.75) is 18.4 Å². The molecule has 0 spiro atoms. The molecule has 102 valence electrons. The van der Waals surface area contributed by atoms with E-state index in [0.29, 0.717) is 10.0 Å². The van der Waals surface area contributed by atoms with Crippen LogP contribution in [-0.4, -0.2) is 5.91 Å². The molecule has 20 heavy (non-hydrogen) atoms. The fraction of sp³-hybridized carbons (Fsp3) is 0.188. The summed E-state index contributed by atoms with van der Waals surface area (Å²) in [6.45, 7) is 1.94. The number of rotatable bonds is 2. The van der Waals surface area contributed by atoms with Crippen LogP contribution in [0, 0.1) is 0 Å². The molecule has 2 atom stereocenters. The number of halogens is 2. The molecular weight excluding hydrogens is 293 g/mol. The lowest BCUT2D eigenvalue weighted by Crippen LogP contribution is -2.62. The van der Waals surface area contributed by atoms with E-state index >= 15 is 0 Å². The quantitative estimate of drug-likeness (QED) is 0.831. The van der Waals surface area contributed by atoms with Crippen LogP contribution in [0.3, 0.4) is 0 Å². The van der Waals surface area contributed by atoms with Crippen molar-refractivity contribution in [1.82, 2.24) is 5.32 Å². The molecule has 2 nitrogen and oxygen atoms in total. The van der Waals surface area contributed by atoms with Gasteiger partial charge in [0.2, 0.25) is 5.91 Å². The molecule has 2 aromatic rings. The highest BCUT2D eigenvalue weighted by Crippen LogP contribution is 2.45. The van der Waals surface area contributed by atoms with Gasteiger partial charge in [-0.05, 0) is 42.3 Å². The van der Waals surface area contributed by atoms with Gasteiger partial charge in [0.05, 0.1) is 11.5 Å². The molecule has 0 aromatic heterocycles. The van der Waals surface area contributed by atoms with Gasteiger partial charge in [0, 0.05) is 10.0 Å². The van der Waals surface area contributed by atoms with Gasteiger partial charge in [-0.3, -0.25) is 4.79 Å². The maximum Gasteiger partial charge on any atom is 0.233 e. The first kappa shape index (κ1) is 13.5. The Hall–Kier alpha value is -1.51. The van der Waals surface area contributed by atoms with Crippen LogP contribution in [0.4, 0.5) is 0 Å². The minimum absolute atomic E-state index is 0.0136. The van der Waals surface area contributed by atoms with Gasteiger partial charge in [-0.2, -0.15) is 0 Å². The average Bonchev–Trinajstić information content (AvgIpc) is 2.45. The number of carbonyl (C=O) groups is 1. The van der Waals surface area contributed by atoms with E-state index in [4.69, 9.17) is 23.2 Å². The lowest BCUT2D eigenvalue weighted by molar-refractivity contribution is -0.137. The maximum atomic E-state index is 12.1. The van der Waals surface area contributed by atoms with Gasteiger partial charge >= 0.3 is 0 Å². The molecule has 4 heteroatoms. The van der Waals surface area contributed by atoms with E-state index in [-0.39, 0.29) is 11.9 Å². The molecule has 0 unspecified atom stereocenters. The summed E-state index contributed by atoms with van der Waals surface area (Å²) in [7, 11) is 0. The van der Waals surface area contributed by atoms with Crippen LogP contribution >= 0.6 is 23.2 Å². The van der Waals surface area contributed by atoms with Crippen LogP contribution in [0.25, 0.3) is 0 Å². The molecule has 3 rings (SSSR count). The Bertz CT molecular complexity index is 668. The number of nitrogens with one attached hydrogen (secondary N) is 1. The summed E-state index contributed by atoms with van der Waals surface area (Å²) >= 11 is 12.0.